The number of carbonyl (C=O) groups excluding carboxylic acids is 1. The summed E-state index contributed by atoms with van der Waals surface area (Å²) < 4.78 is 10.6. The van der Waals surface area contributed by atoms with E-state index in [2.05, 4.69) is 16.8 Å². The normalized spacial score (nSPS) is 21.0. The molecule has 0 aliphatic carbocycles. The van der Waals surface area contributed by atoms with Crippen LogP contribution in [-0.4, -0.2) is 61.9 Å². The van der Waals surface area contributed by atoms with Gasteiger partial charge in [-0.3, -0.25) is 4.79 Å². The number of ether oxygens (including phenoxy) is 2. The molecule has 1 aliphatic heterocycles. The van der Waals surface area contributed by atoms with Crippen molar-refractivity contribution in [3.05, 3.63) is 29.6 Å². The van der Waals surface area contributed by atoms with E-state index < -0.39 is 0 Å². The van der Waals surface area contributed by atoms with E-state index in [1.807, 2.05) is 0 Å². The largest absolute Gasteiger partial charge is 0.377 e. The number of hydrogen-bond acceptors (Lipinski definition) is 5. The van der Waals surface area contributed by atoms with Crippen LogP contribution in [0.4, 0.5) is 0 Å². The minimum atomic E-state index is -0.130. The first-order valence-electron chi connectivity index (χ1n) is 6.69. The van der Waals surface area contributed by atoms with Gasteiger partial charge in [0.05, 0.1) is 6.54 Å². The molecule has 2 N–H and O–H groups in total. The predicted molar refractivity (Wildman–Crippen MR) is 77.7 cm³/mol. The highest BCUT2D eigenvalue weighted by Gasteiger charge is 2.36. The number of nitrogens with two attached hydrogens (primary N) is 1. The molecule has 2 unspecified atom stereocenters. The van der Waals surface area contributed by atoms with Crippen molar-refractivity contribution in [2.75, 3.05) is 33.9 Å². The minimum Gasteiger partial charge on any atom is -0.377 e. The lowest BCUT2D eigenvalue weighted by Crippen LogP contribution is -2.30. The van der Waals surface area contributed by atoms with Gasteiger partial charge in [0, 0.05) is 39.1 Å². The summed E-state index contributed by atoms with van der Waals surface area (Å²) in [6.45, 7) is 1.31. The number of aromatic nitrogens is 1. The highest BCUT2D eigenvalue weighted by molar-refractivity contribution is 5.92. The van der Waals surface area contributed by atoms with Crippen molar-refractivity contribution in [2.24, 2.45) is 5.73 Å². The third kappa shape index (κ3) is 3.58. The Morgan fingerprint density at radius 3 is 2.52 bits per heavy atom. The van der Waals surface area contributed by atoms with Gasteiger partial charge in [-0.2, -0.15) is 0 Å². The molecule has 1 amide bonds. The fourth-order valence-corrected chi connectivity index (χ4v) is 2.27. The molecular weight excluding hydrogens is 270 g/mol. The molecule has 1 aliphatic rings. The molecule has 2 atom stereocenters. The second-order valence-corrected chi connectivity index (χ2v) is 4.70. The highest BCUT2D eigenvalue weighted by atomic mass is 16.5. The molecule has 0 aromatic carbocycles. The van der Waals surface area contributed by atoms with Crippen LogP contribution in [0, 0.1) is 11.8 Å². The van der Waals surface area contributed by atoms with Crippen LogP contribution in [0.5, 0.6) is 0 Å². The number of carbonyl (C=O) groups is 1. The van der Waals surface area contributed by atoms with Gasteiger partial charge in [-0.05, 0) is 12.1 Å². The van der Waals surface area contributed by atoms with Crippen LogP contribution in [0.2, 0.25) is 0 Å². The van der Waals surface area contributed by atoms with E-state index in [0.717, 1.165) is 5.56 Å². The fourth-order valence-electron chi connectivity index (χ4n) is 2.27. The monoisotopic (exact) mass is 289 g/mol. The second-order valence-electron chi connectivity index (χ2n) is 4.70. The Bertz CT molecular complexity index is 536. The van der Waals surface area contributed by atoms with E-state index in [1.165, 1.54) is 0 Å². The maximum absolute atomic E-state index is 12.4. The Balaban J connectivity index is 2.07. The van der Waals surface area contributed by atoms with E-state index in [9.17, 15) is 4.79 Å². The molecule has 21 heavy (non-hydrogen) atoms. The van der Waals surface area contributed by atoms with Crippen LogP contribution >= 0.6 is 0 Å². The number of nitrogens with zero attached hydrogens (tertiary/aromatic N) is 2. The lowest BCUT2D eigenvalue weighted by atomic mass is 10.2. The third-order valence-corrected chi connectivity index (χ3v) is 3.43. The van der Waals surface area contributed by atoms with Crippen LogP contribution in [0.3, 0.4) is 0 Å². The van der Waals surface area contributed by atoms with Crippen LogP contribution in [0.15, 0.2) is 18.3 Å². The van der Waals surface area contributed by atoms with Gasteiger partial charge >= 0.3 is 0 Å². The zero-order valence-corrected chi connectivity index (χ0v) is 12.2. The number of amides is 1. The van der Waals surface area contributed by atoms with Crippen molar-refractivity contribution in [2.45, 2.75) is 12.2 Å². The first kappa shape index (κ1) is 15.4. The molecule has 1 aromatic heterocycles. The van der Waals surface area contributed by atoms with Gasteiger partial charge in [-0.25, -0.2) is 4.98 Å². The van der Waals surface area contributed by atoms with Crippen molar-refractivity contribution in [1.29, 1.82) is 0 Å². The fraction of sp³-hybridized carbons (Fsp3) is 0.467. The summed E-state index contributed by atoms with van der Waals surface area (Å²) in [5, 5.41) is 0. The summed E-state index contributed by atoms with van der Waals surface area (Å²) in [6.07, 6.45) is 1.37. The van der Waals surface area contributed by atoms with E-state index in [0.29, 0.717) is 25.3 Å². The van der Waals surface area contributed by atoms with Gasteiger partial charge in [0.25, 0.3) is 5.91 Å². The zero-order valence-electron chi connectivity index (χ0n) is 12.2. The number of pyridine rings is 1. The van der Waals surface area contributed by atoms with E-state index in [-0.39, 0.29) is 18.1 Å². The molecule has 1 aromatic rings. The van der Waals surface area contributed by atoms with Crippen molar-refractivity contribution in [1.82, 2.24) is 9.88 Å². The van der Waals surface area contributed by atoms with Crippen molar-refractivity contribution >= 4 is 5.91 Å². The Morgan fingerprint density at radius 1 is 1.38 bits per heavy atom. The van der Waals surface area contributed by atoms with Crippen LogP contribution < -0.4 is 5.73 Å². The van der Waals surface area contributed by atoms with Gasteiger partial charge in [-0.15, -0.1) is 0 Å². The number of rotatable bonds is 3. The van der Waals surface area contributed by atoms with Crippen LogP contribution in [0.25, 0.3) is 0 Å². The summed E-state index contributed by atoms with van der Waals surface area (Å²) in [7, 11) is 3.24. The maximum Gasteiger partial charge on any atom is 0.272 e. The van der Waals surface area contributed by atoms with Gasteiger partial charge < -0.3 is 20.1 Å². The second kappa shape index (κ2) is 7.18. The SMILES string of the molecule is COC1CN(C(=O)c2ccc(C#CCN)cn2)CC1OC. The highest BCUT2D eigenvalue weighted by Crippen LogP contribution is 2.17. The molecule has 1 saturated heterocycles. The number of hydrogen-bond donors (Lipinski definition) is 1. The van der Waals surface area contributed by atoms with Gasteiger partial charge in [0.1, 0.15) is 17.9 Å². The van der Waals surface area contributed by atoms with E-state index in [1.54, 1.807) is 37.4 Å². The van der Waals surface area contributed by atoms with Crippen LogP contribution in [-0.2, 0) is 9.47 Å². The quantitative estimate of drug-likeness (QED) is 0.785. The molecule has 6 heteroatoms. The van der Waals surface area contributed by atoms with Crippen molar-refractivity contribution < 1.29 is 14.3 Å². The molecule has 0 saturated carbocycles. The summed E-state index contributed by atoms with van der Waals surface area (Å²) in [5.41, 5.74) is 6.44. The van der Waals surface area contributed by atoms with Gasteiger partial charge in [0.15, 0.2) is 0 Å². The minimum absolute atomic E-state index is 0.103. The number of likely N-dealkylation sites (tertiary alicyclic amines) is 1. The van der Waals surface area contributed by atoms with Gasteiger partial charge in [-0.1, -0.05) is 11.8 Å². The molecular formula is C15H19N3O3. The Kier molecular flexibility index (Phi) is 5.28. The molecule has 0 spiro atoms. The summed E-state index contributed by atoms with van der Waals surface area (Å²) in [6, 6.07) is 3.44. The molecule has 2 heterocycles. The summed E-state index contributed by atoms with van der Waals surface area (Å²) in [5.74, 6) is 5.48. The molecule has 6 nitrogen and oxygen atoms in total. The summed E-state index contributed by atoms with van der Waals surface area (Å²) in [4.78, 5) is 18.2. The predicted octanol–water partition coefficient (Wildman–Crippen LogP) is -0.122. The third-order valence-electron chi connectivity index (χ3n) is 3.43. The average Bonchev–Trinajstić information content (AvgIpc) is 2.96. The van der Waals surface area contributed by atoms with Crippen molar-refractivity contribution in [3.63, 3.8) is 0 Å². The maximum atomic E-state index is 12.4. The Morgan fingerprint density at radius 2 is 2.05 bits per heavy atom. The molecule has 0 bridgehead atoms. The lowest BCUT2D eigenvalue weighted by molar-refractivity contribution is -0.00461. The first-order chi connectivity index (χ1) is 10.2. The molecule has 2 rings (SSSR count). The number of methoxy groups -OCH3 is 2. The molecule has 112 valence electrons. The first-order valence-corrected chi connectivity index (χ1v) is 6.69. The van der Waals surface area contributed by atoms with Crippen molar-refractivity contribution in [3.8, 4) is 11.8 Å². The Hall–Kier alpha value is -1.94. The van der Waals surface area contributed by atoms with Crippen LogP contribution in [0.1, 0.15) is 16.1 Å². The van der Waals surface area contributed by atoms with Gasteiger partial charge in [0.2, 0.25) is 0 Å². The zero-order chi connectivity index (χ0) is 15.2. The lowest BCUT2D eigenvalue weighted by Gasteiger charge is -2.14. The topological polar surface area (TPSA) is 77.7 Å². The molecule has 1 fully saturated rings. The van der Waals surface area contributed by atoms with E-state index in [4.69, 9.17) is 15.2 Å². The van der Waals surface area contributed by atoms with E-state index >= 15 is 0 Å². The summed E-state index contributed by atoms with van der Waals surface area (Å²) >= 11 is 0. The standard InChI is InChI=1S/C15H19N3O3/c1-20-13-9-18(10-14(13)21-2)15(19)12-6-5-11(8-17-12)4-3-7-16/h5-6,8,13-14H,7,9-10,16H2,1-2H3. The average molecular weight is 289 g/mol. The smallest absolute Gasteiger partial charge is 0.272 e. The molecule has 0 radical (unpaired) electrons. The Labute approximate surface area is 124 Å².